The van der Waals surface area contributed by atoms with Gasteiger partial charge in [-0.15, -0.1) is 0 Å². The Labute approximate surface area is 89.8 Å². The predicted octanol–water partition coefficient (Wildman–Crippen LogP) is 2.83. The van der Waals surface area contributed by atoms with Crippen LogP contribution in [0.2, 0.25) is 5.02 Å². The Morgan fingerprint density at radius 1 is 1.29 bits per heavy atom. The molecule has 0 saturated carbocycles. The zero-order valence-corrected chi connectivity index (χ0v) is 9.98. The highest BCUT2D eigenvalue weighted by atomic mass is 35.5. The lowest BCUT2D eigenvalue weighted by Gasteiger charge is -2.11. The molecule has 4 heteroatoms. The highest BCUT2D eigenvalue weighted by Gasteiger charge is 2.21. The average Bonchev–Trinajstić information content (AvgIpc) is 2.09. The molecule has 0 aliphatic rings. The van der Waals surface area contributed by atoms with Crippen LogP contribution in [-0.2, 0) is 9.84 Å². The number of hydrogen-bond donors (Lipinski definition) is 0. The molecule has 0 spiro atoms. The third-order valence-corrected chi connectivity index (χ3v) is 4.85. The minimum atomic E-state index is -3.21. The predicted molar refractivity (Wildman–Crippen MR) is 58.5 cm³/mol. The minimum Gasteiger partial charge on any atom is -0.223 e. The zero-order valence-electron chi connectivity index (χ0n) is 8.41. The van der Waals surface area contributed by atoms with Crippen LogP contribution in [0.25, 0.3) is 0 Å². The third kappa shape index (κ3) is 1.93. The smallest absolute Gasteiger partial charge is 0.180 e. The maximum atomic E-state index is 11.8. The number of rotatable bonds is 2. The van der Waals surface area contributed by atoms with Crippen molar-refractivity contribution in [3.8, 4) is 0 Å². The van der Waals surface area contributed by atoms with Crippen molar-refractivity contribution < 1.29 is 8.42 Å². The lowest BCUT2D eigenvalue weighted by Crippen LogP contribution is -2.15. The molecule has 0 saturated heterocycles. The fraction of sp³-hybridized carbons (Fsp3) is 0.400. The van der Waals surface area contributed by atoms with Gasteiger partial charge in [-0.2, -0.15) is 0 Å². The van der Waals surface area contributed by atoms with Crippen LogP contribution in [0.1, 0.15) is 19.4 Å². The van der Waals surface area contributed by atoms with Gasteiger partial charge in [-0.1, -0.05) is 17.7 Å². The Morgan fingerprint density at radius 3 is 2.36 bits per heavy atom. The number of hydrogen-bond acceptors (Lipinski definition) is 2. The van der Waals surface area contributed by atoms with Crippen molar-refractivity contribution in [2.24, 2.45) is 0 Å². The normalized spacial score (nSPS) is 12.1. The molecule has 1 aromatic rings. The molecule has 0 fully saturated rings. The van der Waals surface area contributed by atoms with E-state index in [4.69, 9.17) is 11.6 Å². The van der Waals surface area contributed by atoms with Gasteiger partial charge in [-0.05, 0) is 38.5 Å². The molecule has 2 nitrogen and oxygen atoms in total. The van der Waals surface area contributed by atoms with Crippen LogP contribution >= 0.6 is 11.6 Å². The highest BCUT2D eigenvalue weighted by Crippen LogP contribution is 2.25. The van der Waals surface area contributed by atoms with E-state index in [1.54, 1.807) is 39.0 Å². The summed E-state index contributed by atoms with van der Waals surface area (Å²) in [6, 6.07) is 4.94. The van der Waals surface area contributed by atoms with Gasteiger partial charge in [0.2, 0.25) is 0 Å². The fourth-order valence-corrected chi connectivity index (χ4v) is 2.69. The second kappa shape index (κ2) is 3.91. The molecule has 78 valence electrons. The van der Waals surface area contributed by atoms with Crippen LogP contribution in [0, 0.1) is 6.92 Å². The van der Waals surface area contributed by atoms with Crippen LogP contribution in [0.3, 0.4) is 0 Å². The lowest BCUT2D eigenvalue weighted by atomic mass is 10.2. The second-order valence-corrected chi connectivity index (χ2v) is 6.34. The summed E-state index contributed by atoms with van der Waals surface area (Å²) in [4.78, 5) is 0.333. The monoisotopic (exact) mass is 232 g/mol. The molecule has 0 aliphatic heterocycles. The van der Waals surface area contributed by atoms with E-state index in [-0.39, 0.29) is 0 Å². The Kier molecular flexibility index (Phi) is 3.22. The fourth-order valence-electron chi connectivity index (χ4n) is 1.15. The summed E-state index contributed by atoms with van der Waals surface area (Å²) < 4.78 is 23.7. The van der Waals surface area contributed by atoms with E-state index in [1.165, 1.54) is 0 Å². The third-order valence-electron chi connectivity index (χ3n) is 2.15. The largest absolute Gasteiger partial charge is 0.223 e. The lowest BCUT2D eigenvalue weighted by molar-refractivity contribution is 0.587. The van der Waals surface area contributed by atoms with Crippen molar-refractivity contribution in [2.45, 2.75) is 30.9 Å². The van der Waals surface area contributed by atoms with E-state index in [1.807, 2.05) is 0 Å². The topological polar surface area (TPSA) is 34.1 Å². The van der Waals surface area contributed by atoms with E-state index < -0.39 is 15.1 Å². The van der Waals surface area contributed by atoms with E-state index >= 15 is 0 Å². The summed E-state index contributed by atoms with van der Waals surface area (Å²) in [5, 5.41) is 0.0754. The molecule has 0 radical (unpaired) electrons. The van der Waals surface area contributed by atoms with Gasteiger partial charge in [-0.3, -0.25) is 0 Å². The summed E-state index contributed by atoms with van der Waals surface area (Å²) in [5.74, 6) is 0. The Bertz CT molecular complexity index is 435. The summed E-state index contributed by atoms with van der Waals surface area (Å²) in [6.07, 6.45) is 0. The summed E-state index contributed by atoms with van der Waals surface area (Å²) >= 11 is 5.86. The standard InChI is InChI=1S/C10H13ClO2S/c1-7(2)14(12,13)10-6-4-5-9(11)8(10)3/h4-7H,1-3H3. The molecule has 0 N–H and O–H groups in total. The molecule has 0 bridgehead atoms. The average molecular weight is 233 g/mol. The van der Waals surface area contributed by atoms with Crippen LogP contribution in [0.15, 0.2) is 23.1 Å². The minimum absolute atomic E-state index is 0.333. The molecule has 0 atom stereocenters. The van der Waals surface area contributed by atoms with Crippen molar-refractivity contribution in [3.63, 3.8) is 0 Å². The van der Waals surface area contributed by atoms with Gasteiger partial charge in [-0.25, -0.2) is 8.42 Å². The van der Waals surface area contributed by atoms with Crippen LogP contribution in [-0.4, -0.2) is 13.7 Å². The van der Waals surface area contributed by atoms with Crippen molar-refractivity contribution in [1.29, 1.82) is 0 Å². The molecule has 0 aliphatic carbocycles. The van der Waals surface area contributed by atoms with Gasteiger partial charge in [0, 0.05) is 5.02 Å². The van der Waals surface area contributed by atoms with Gasteiger partial charge in [0.1, 0.15) is 0 Å². The second-order valence-electron chi connectivity index (χ2n) is 3.46. The van der Waals surface area contributed by atoms with E-state index in [0.29, 0.717) is 15.5 Å². The first-order chi connectivity index (χ1) is 6.37. The summed E-state index contributed by atoms with van der Waals surface area (Å²) in [6.45, 7) is 5.04. The Morgan fingerprint density at radius 2 is 1.86 bits per heavy atom. The molecule has 1 aromatic carbocycles. The van der Waals surface area contributed by atoms with Crippen LogP contribution in [0.4, 0.5) is 0 Å². The first kappa shape index (κ1) is 11.5. The van der Waals surface area contributed by atoms with Crippen molar-refractivity contribution in [2.75, 3.05) is 0 Å². The van der Waals surface area contributed by atoms with Crippen molar-refractivity contribution >= 4 is 21.4 Å². The van der Waals surface area contributed by atoms with E-state index in [2.05, 4.69) is 0 Å². The zero-order chi connectivity index (χ0) is 10.9. The first-order valence-electron chi connectivity index (χ1n) is 4.36. The number of benzene rings is 1. The van der Waals surface area contributed by atoms with Crippen LogP contribution in [0.5, 0.6) is 0 Å². The number of sulfone groups is 1. The van der Waals surface area contributed by atoms with Crippen LogP contribution < -0.4 is 0 Å². The molecule has 0 amide bonds. The molecule has 0 unspecified atom stereocenters. The van der Waals surface area contributed by atoms with Gasteiger partial charge in [0.05, 0.1) is 10.1 Å². The summed E-state index contributed by atoms with van der Waals surface area (Å²) in [5.41, 5.74) is 0.628. The van der Waals surface area contributed by atoms with E-state index in [0.717, 1.165) is 0 Å². The quantitative estimate of drug-likeness (QED) is 0.786. The van der Waals surface area contributed by atoms with Gasteiger partial charge in [0.15, 0.2) is 9.84 Å². The van der Waals surface area contributed by atoms with Gasteiger partial charge in [0.25, 0.3) is 0 Å². The van der Waals surface area contributed by atoms with Crippen molar-refractivity contribution in [3.05, 3.63) is 28.8 Å². The van der Waals surface area contributed by atoms with E-state index in [9.17, 15) is 8.42 Å². The summed E-state index contributed by atoms with van der Waals surface area (Å²) in [7, 11) is -3.21. The van der Waals surface area contributed by atoms with Gasteiger partial charge >= 0.3 is 0 Å². The highest BCUT2D eigenvalue weighted by molar-refractivity contribution is 7.92. The molecule has 1 rings (SSSR count). The molecule has 0 aromatic heterocycles. The maximum absolute atomic E-state index is 11.8. The Balaban J connectivity index is 3.42. The number of halogens is 1. The molecular formula is C10H13ClO2S. The SMILES string of the molecule is Cc1c(Cl)cccc1S(=O)(=O)C(C)C. The molecule has 14 heavy (non-hydrogen) atoms. The molecule has 0 heterocycles. The Hall–Kier alpha value is -0.540. The first-order valence-corrected chi connectivity index (χ1v) is 6.29. The molecular weight excluding hydrogens is 220 g/mol. The van der Waals surface area contributed by atoms with Crippen molar-refractivity contribution in [1.82, 2.24) is 0 Å². The maximum Gasteiger partial charge on any atom is 0.180 e. The van der Waals surface area contributed by atoms with Gasteiger partial charge < -0.3 is 0 Å².